The molecule has 1 saturated heterocycles. The number of thioether (sulfide) groups is 1. The molecule has 0 aliphatic carbocycles. The zero-order valence-corrected chi connectivity index (χ0v) is 12.3. The van der Waals surface area contributed by atoms with Crippen molar-refractivity contribution < 1.29 is 18.3 Å². The van der Waals surface area contributed by atoms with Crippen molar-refractivity contribution in [1.82, 2.24) is 4.31 Å². The number of hydrogen-bond donors (Lipinski definition) is 1. The predicted molar refractivity (Wildman–Crippen MR) is 79.9 cm³/mol. The number of nitrogens with zero attached hydrogens (tertiary/aromatic N) is 1. The fourth-order valence-corrected chi connectivity index (χ4v) is 4.49. The molecule has 0 saturated carbocycles. The Balaban J connectivity index is 2.20. The summed E-state index contributed by atoms with van der Waals surface area (Å²) in [6.07, 6.45) is 1.48. The number of carboxylic acid groups (broad SMARTS) is 1. The summed E-state index contributed by atoms with van der Waals surface area (Å²) in [6.45, 7) is 0.225. The average Bonchev–Trinajstić information content (AvgIpc) is 2.46. The summed E-state index contributed by atoms with van der Waals surface area (Å²) in [5.41, 5.74) is 0.759. The number of carbonyl (C=O) groups is 1. The number of sulfonamides is 1. The van der Waals surface area contributed by atoms with Gasteiger partial charge in [0, 0.05) is 23.5 Å². The Labute approximate surface area is 122 Å². The highest BCUT2D eigenvalue weighted by molar-refractivity contribution is 7.99. The molecule has 1 aliphatic heterocycles. The van der Waals surface area contributed by atoms with Gasteiger partial charge in [-0.05, 0) is 11.6 Å². The van der Waals surface area contributed by atoms with Crippen LogP contribution in [0.1, 0.15) is 5.56 Å². The molecule has 2 rings (SSSR count). The van der Waals surface area contributed by atoms with Gasteiger partial charge < -0.3 is 5.11 Å². The van der Waals surface area contributed by atoms with Gasteiger partial charge in [-0.15, -0.1) is 0 Å². The van der Waals surface area contributed by atoms with E-state index in [-0.39, 0.29) is 12.3 Å². The van der Waals surface area contributed by atoms with Gasteiger partial charge in [0.15, 0.2) is 0 Å². The number of carboxylic acids is 1. The van der Waals surface area contributed by atoms with E-state index in [2.05, 4.69) is 0 Å². The van der Waals surface area contributed by atoms with E-state index in [1.54, 1.807) is 12.1 Å². The number of aliphatic carboxylic acids is 1. The molecule has 1 heterocycles. The van der Waals surface area contributed by atoms with Crippen molar-refractivity contribution in [1.29, 1.82) is 0 Å². The Morgan fingerprint density at radius 1 is 1.35 bits per heavy atom. The lowest BCUT2D eigenvalue weighted by atomic mass is 10.2. The van der Waals surface area contributed by atoms with Crippen LogP contribution in [0.2, 0.25) is 0 Å². The molecule has 0 amide bonds. The van der Waals surface area contributed by atoms with E-state index in [1.807, 2.05) is 18.2 Å². The van der Waals surface area contributed by atoms with E-state index in [0.29, 0.717) is 5.75 Å². The highest BCUT2D eigenvalue weighted by Gasteiger charge is 2.35. The van der Waals surface area contributed by atoms with E-state index in [0.717, 1.165) is 15.3 Å². The molecule has 20 heavy (non-hydrogen) atoms. The Morgan fingerprint density at radius 3 is 2.70 bits per heavy atom. The SMILES string of the molecule is O=C(O)C1CSCCN1S(=O)(=O)/C=C/c1ccccc1. The molecule has 1 unspecified atom stereocenters. The maximum Gasteiger partial charge on any atom is 0.322 e. The summed E-state index contributed by atoms with van der Waals surface area (Å²) in [5, 5.41) is 10.2. The summed E-state index contributed by atoms with van der Waals surface area (Å²) < 4.78 is 25.5. The molecule has 0 bridgehead atoms. The third-order valence-corrected chi connectivity index (χ3v) is 5.52. The van der Waals surface area contributed by atoms with Crippen LogP contribution in [0.5, 0.6) is 0 Å². The number of benzene rings is 1. The molecule has 0 spiro atoms. The van der Waals surface area contributed by atoms with Gasteiger partial charge in [-0.1, -0.05) is 30.3 Å². The lowest BCUT2D eigenvalue weighted by molar-refractivity contribution is -0.140. The fourth-order valence-electron chi connectivity index (χ4n) is 1.89. The molecule has 5 nitrogen and oxygen atoms in total. The van der Waals surface area contributed by atoms with Crippen LogP contribution in [-0.4, -0.2) is 47.9 Å². The molecule has 1 aromatic rings. The van der Waals surface area contributed by atoms with Crippen molar-refractivity contribution in [3.05, 3.63) is 41.3 Å². The van der Waals surface area contributed by atoms with Gasteiger partial charge in [0.1, 0.15) is 6.04 Å². The van der Waals surface area contributed by atoms with Crippen molar-refractivity contribution in [3.63, 3.8) is 0 Å². The fraction of sp³-hybridized carbons (Fsp3) is 0.308. The van der Waals surface area contributed by atoms with Crippen LogP contribution in [-0.2, 0) is 14.8 Å². The average molecular weight is 313 g/mol. The smallest absolute Gasteiger partial charge is 0.322 e. The van der Waals surface area contributed by atoms with Crippen LogP contribution in [0.25, 0.3) is 6.08 Å². The minimum Gasteiger partial charge on any atom is -0.480 e. The molecule has 0 radical (unpaired) electrons. The van der Waals surface area contributed by atoms with Crippen molar-refractivity contribution in [2.45, 2.75) is 6.04 Å². The van der Waals surface area contributed by atoms with Gasteiger partial charge in [0.25, 0.3) is 0 Å². The molecular formula is C13H15NO4S2. The third-order valence-electron chi connectivity index (χ3n) is 2.92. The quantitative estimate of drug-likeness (QED) is 0.911. The molecule has 1 aliphatic rings. The summed E-state index contributed by atoms with van der Waals surface area (Å²) in [6, 6.07) is 8.04. The lowest BCUT2D eigenvalue weighted by Crippen LogP contribution is -2.49. The largest absolute Gasteiger partial charge is 0.480 e. The lowest BCUT2D eigenvalue weighted by Gasteiger charge is -2.30. The van der Waals surface area contributed by atoms with Crippen LogP contribution in [0.4, 0.5) is 0 Å². The second-order valence-corrected chi connectivity index (χ2v) is 7.22. The molecular weight excluding hydrogens is 298 g/mol. The van der Waals surface area contributed by atoms with E-state index in [1.165, 1.54) is 17.8 Å². The molecule has 7 heteroatoms. The molecule has 1 aromatic carbocycles. The number of rotatable bonds is 4. The van der Waals surface area contributed by atoms with E-state index >= 15 is 0 Å². The summed E-state index contributed by atoms with van der Waals surface area (Å²) >= 11 is 1.45. The molecule has 1 atom stereocenters. The monoisotopic (exact) mass is 313 g/mol. The van der Waals surface area contributed by atoms with Gasteiger partial charge in [-0.2, -0.15) is 16.1 Å². The standard InChI is InChI=1S/C13H15NO4S2/c15-13(16)12-10-19-8-7-14(12)20(17,18)9-6-11-4-2-1-3-5-11/h1-6,9,12H,7-8,10H2,(H,15,16)/b9-6+. The first-order chi connectivity index (χ1) is 9.50. The topological polar surface area (TPSA) is 74.7 Å². The first-order valence-electron chi connectivity index (χ1n) is 6.06. The summed E-state index contributed by atoms with van der Waals surface area (Å²) in [7, 11) is -3.72. The summed E-state index contributed by atoms with van der Waals surface area (Å²) in [5.74, 6) is -0.204. The number of hydrogen-bond acceptors (Lipinski definition) is 4. The maximum absolute atomic E-state index is 12.2. The Bertz CT molecular complexity index is 598. The minimum absolute atomic E-state index is 0.225. The van der Waals surface area contributed by atoms with Gasteiger partial charge in [0.2, 0.25) is 10.0 Å². The predicted octanol–water partition coefficient (Wildman–Crippen LogP) is 1.49. The first-order valence-corrected chi connectivity index (χ1v) is 8.72. The second kappa shape index (κ2) is 6.43. The highest BCUT2D eigenvalue weighted by atomic mass is 32.2. The van der Waals surface area contributed by atoms with Gasteiger partial charge in [-0.3, -0.25) is 4.79 Å². The maximum atomic E-state index is 12.2. The van der Waals surface area contributed by atoms with Crippen LogP contribution in [0, 0.1) is 0 Å². The van der Waals surface area contributed by atoms with Crippen LogP contribution < -0.4 is 0 Å². The zero-order valence-electron chi connectivity index (χ0n) is 10.7. The molecule has 1 N–H and O–H groups in total. The van der Waals surface area contributed by atoms with Gasteiger partial charge in [-0.25, -0.2) is 8.42 Å². The molecule has 108 valence electrons. The van der Waals surface area contributed by atoms with Crippen LogP contribution in [0.3, 0.4) is 0 Å². The van der Waals surface area contributed by atoms with E-state index in [9.17, 15) is 13.2 Å². The Hall–Kier alpha value is -1.31. The normalized spacial score (nSPS) is 21.1. The Morgan fingerprint density at radius 2 is 2.05 bits per heavy atom. The van der Waals surface area contributed by atoms with Crippen molar-refractivity contribution in [3.8, 4) is 0 Å². The van der Waals surface area contributed by atoms with Crippen molar-refractivity contribution >= 4 is 33.8 Å². The Kier molecular flexibility index (Phi) is 4.85. The van der Waals surface area contributed by atoms with E-state index < -0.39 is 22.0 Å². The second-order valence-electron chi connectivity index (χ2n) is 4.30. The molecule has 1 fully saturated rings. The first kappa shape index (κ1) is 15.1. The van der Waals surface area contributed by atoms with Crippen molar-refractivity contribution in [2.24, 2.45) is 0 Å². The van der Waals surface area contributed by atoms with Crippen LogP contribution >= 0.6 is 11.8 Å². The zero-order chi connectivity index (χ0) is 14.6. The third kappa shape index (κ3) is 3.62. The summed E-state index contributed by atoms with van der Waals surface area (Å²) in [4.78, 5) is 11.1. The minimum atomic E-state index is -3.72. The highest BCUT2D eigenvalue weighted by Crippen LogP contribution is 2.21. The molecule has 0 aromatic heterocycles. The van der Waals surface area contributed by atoms with E-state index in [4.69, 9.17) is 5.11 Å². The van der Waals surface area contributed by atoms with Crippen molar-refractivity contribution in [2.75, 3.05) is 18.1 Å². The van der Waals surface area contributed by atoms with Gasteiger partial charge >= 0.3 is 5.97 Å². The van der Waals surface area contributed by atoms with Gasteiger partial charge in [0.05, 0.1) is 0 Å². The van der Waals surface area contributed by atoms with Crippen LogP contribution in [0.15, 0.2) is 35.7 Å².